The van der Waals surface area contributed by atoms with E-state index in [9.17, 15) is 9.59 Å². The first-order chi connectivity index (χ1) is 7.65. The van der Waals surface area contributed by atoms with Crippen LogP contribution in [0.2, 0.25) is 0 Å². The second-order valence-electron chi connectivity index (χ2n) is 3.22. The Morgan fingerprint density at radius 2 is 1.94 bits per heavy atom. The van der Waals surface area contributed by atoms with Gasteiger partial charge in [-0.05, 0) is 11.3 Å². The summed E-state index contributed by atoms with van der Waals surface area (Å²) >= 11 is 3.91. The molecule has 0 fully saturated rings. The summed E-state index contributed by atoms with van der Waals surface area (Å²) in [6.45, 7) is 0. The number of carboxylic acid groups (broad SMARTS) is 1. The number of carboxylic acids is 1. The van der Waals surface area contributed by atoms with Crippen LogP contribution in [0.4, 0.5) is 0 Å². The maximum Gasteiger partial charge on any atom is 0.330 e. The minimum atomic E-state index is -1.07. The Balaban J connectivity index is 2.77. The van der Waals surface area contributed by atoms with Gasteiger partial charge >= 0.3 is 5.97 Å². The SMILES string of the molecule is O=C(CCS)N[C@@H](C(=O)O)c1ccccc1. The summed E-state index contributed by atoms with van der Waals surface area (Å²) in [5.41, 5.74) is 0.558. The second-order valence-corrected chi connectivity index (χ2v) is 3.67. The summed E-state index contributed by atoms with van der Waals surface area (Å²) in [5.74, 6) is -0.988. The molecule has 0 radical (unpaired) electrons. The summed E-state index contributed by atoms with van der Waals surface area (Å²) in [6.07, 6.45) is 0.208. The molecule has 0 spiro atoms. The van der Waals surface area contributed by atoms with Gasteiger partial charge in [0.25, 0.3) is 0 Å². The zero-order chi connectivity index (χ0) is 12.0. The van der Waals surface area contributed by atoms with Crippen LogP contribution in [0.5, 0.6) is 0 Å². The number of rotatable bonds is 5. The van der Waals surface area contributed by atoms with Crippen molar-refractivity contribution in [1.29, 1.82) is 0 Å². The predicted molar refractivity (Wildman–Crippen MR) is 63.4 cm³/mol. The molecule has 1 amide bonds. The van der Waals surface area contributed by atoms with Gasteiger partial charge in [0.2, 0.25) is 5.91 Å². The molecule has 0 bridgehead atoms. The highest BCUT2D eigenvalue weighted by Crippen LogP contribution is 2.12. The number of hydrogen-bond acceptors (Lipinski definition) is 3. The quantitative estimate of drug-likeness (QED) is 0.677. The van der Waals surface area contributed by atoms with Crippen molar-refractivity contribution in [1.82, 2.24) is 5.32 Å². The van der Waals surface area contributed by atoms with Gasteiger partial charge in [-0.3, -0.25) is 4.79 Å². The highest BCUT2D eigenvalue weighted by Gasteiger charge is 2.20. The van der Waals surface area contributed by atoms with E-state index in [2.05, 4.69) is 17.9 Å². The number of amides is 1. The van der Waals surface area contributed by atoms with E-state index in [1.54, 1.807) is 30.3 Å². The normalized spacial score (nSPS) is 11.8. The van der Waals surface area contributed by atoms with Crippen molar-refractivity contribution in [3.8, 4) is 0 Å². The van der Waals surface area contributed by atoms with Crippen LogP contribution in [0, 0.1) is 0 Å². The topological polar surface area (TPSA) is 66.4 Å². The minimum absolute atomic E-state index is 0.208. The van der Waals surface area contributed by atoms with E-state index in [1.165, 1.54) is 0 Å². The molecular weight excluding hydrogens is 226 g/mol. The van der Waals surface area contributed by atoms with Crippen molar-refractivity contribution in [2.75, 3.05) is 5.75 Å². The Labute approximate surface area is 99.1 Å². The Kier molecular flexibility index (Phi) is 4.85. The fraction of sp³-hybridized carbons (Fsp3) is 0.273. The van der Waals surface area contributed by atoms with Crippen LogP contribution in [0.25, 0.3) is 0 Å². The molecule has 0 aromatic heterocycles. The lowest BCUT2D eigenvalue weighted by atomic mass is 10.1. The molecule has 0 unspecified atom stereocenters. The van der Waals surface area contributed by atoms with Gasteiger partial charge in [0, 0.05) is 6.42 Å². The van der Waals surface area contributed by atoms with Crippen molar-refractivity contribution in [3.05, 3.63) is 35.9 Å². The second kappa shape index (κ2) is 6.17. The third-order valence-electron chi connectivity index (χ3n) is 2.02. The highest BCUT2D eigenvalue weighted by molar-refractivity contribution is 7.80. The van der Waals surface area contributed by atoms with E-state index in [0.717, 1.165) is 0 Å². The van der Waals surface area contributed by atoms with E-state index in [4.69, 9.17) is 5.11 Å². The molecule has 0 aliphatic heterocycles. The van der Waals surface area contributed by atoms with Crippen molar-refractivity contribution < 1.29 is 14.7 Å². The maximum atomic E-state index is 11.3. The lowest BCUT2D eigenvalue weighted by Crippen LogP contribution is -2.33. The van der Waals surface area contributed by atoms with Crippen LogP contribution in [0.3, 0.4) is 0 Å². The number of benzene rings is 1. The maximum absolute atomic E-state index is 11.3. The molecule has 1 rings (SSSR count). The van der Waals surface area contributed by atoms with Crippen LogP contribution in [-0.2, 0) is 9.59 Å². The largest absolute Gasteiger partial charge is 0.479 e. The first-order valence-electron chi connectivity index (χ1n) is 4.83. The highest BCUT2D eigenvalue weighted by atomic mass is 32.1. The summed E-state index contributed by atoms with van der Waals surface area (Å²) < 4.78 is 0. The average molecular weight is 239 g/mol. The van der Waals surface area contributed by atoms with Crippen LogP contribution in [0.1, 0.15) is 18.0 Å². The van der Waals surface area contributed by atoms with Gasteiger partial charge in [-0.2, -0.15) is 12.6 Å². The van der Waals surface area contributed by atoms with Crippen molar-refractivity contribution in [2.45, 2.75) is 12.5 Å². The standard InChI is InChI=1S/C11H13NO3S/c13-9(6-7-16)12-10(11(14)15)8-4-2-1-3-5-8/h1-5,10,16H,6-7H2,(H,12,13)(H,14,15)/t10-/m1/s1. The lowest BCUT2D eigenvalue weighted by Gasteiger charge is -2.14. The Bertz CT molecular complexity index is 367. The Hall–Kier alpha value is -1.49. The first-order valence-corrected chi connectivity index (χ1v) is 5.46. The zero-order valence-electron chi connectivity index (χ0n) is 8.59. The molecule has 4 nitrogen and oxygen atoms in total. The molecule has 0 heterocycles. The van der Waals surface area contributed by atoms with Crippen LogP contribution in [0.15, 0.2) is 30.3 Å². The summed E-state index contributed by atoms with van der Waals surface area (Å²) in [7, 11) is 0. The van der Waals surface area contributed by atoms with E-state index >= 15 is 0 Å². The molecule has 0 saturated carbocycles. The molecule has 1 atom stereocenters. The number of carbonyl (C=O) groups is 2. The number of aliphatic carboxylic acids is 1. The number of carbonyl (C=O) groups excluding carboxylic acids is 1. The summed E-state index contributed by atoms with van der Waals surface area (Å²) in [4.78, 5) is 22.3. The molecule has 86 valence electrons. The van der Waals surface area contributed by atoms with Gasteiger partial charge in [0.15, 0.2) is 6.04 Å². The van der Waals surface area contributed by atoms with E-state index < -0.39 is 12.0 Å². The number of hydrogen-bond donors (Lipinski definition) is 3. The van der Waals surface area contributed by atoms with Gasteiger partial charge in [-0.1, -0.05) is 30.3 Å². The summed E-state index contributed by atoms with van der Waals surface area (Å²) in [5, 5.41) is 11.5. The van der Waals surface area contributed by atoms with Gasteiger partial charge in [0.1, 0.15) is 0 Å². The van der Waals surface area contributed by atoms with Crippen molar-refractivity contribution >= 4 is 24.5 Å². The molecule has 0 saturated heterocycles. The van der Waals surface area contributed by atoms with Gasteiger partial charge in [0.05, 0.1) is 0 Å². The van der Waals surface area contributed by atoms with Crippen LogP contribution in [-0.4, -0.2) is 22.7 Å². The Morgan fingerprint density at radius 3 is 2.44 bits per heavy atom. The molecule has 1 aromatic carbocycles. The van der Waals surface area contributed by atoms with Crippen molar-refractivity contribution in [3.63, 3.8) is 0 Å². The predicted octanol–water partition coefficient (Wildman–Crippen LogP) is 1.25. The third kappa shape index (κ3) is 3.58. The fourth-order valence-corrected chi connectivity index (χ4v) is 1.47. The fourth-order valence-electron chi connectivity index (χ4n) is 1.27. The Morgan fingerprint density at radius 1 is 1.31 bits per heavy atom. The van der Waals surface area contributed by atoms with Gasteiger partial charge < -0.3 is 10.4 Å². The average Bonchev–Trinajstić information content (AvgIpc) is 2.27. The van der Waals surface area contributed by atoms with Gasteiger partial charge in [-0.15, -0.1) is 0 Å². The van der Waals surface area contributed by atoms with Gasteiger partial charge in [-0.25, -0.2) is 4.79 Å². The summed E-state index contributed by atoms with van der Waals surface area (Å²) in [6, 6.07) is 7.59. The van der Waals surface area contributed by atoms with Crippen molar-refractivity contribution in [2.24, 2.45) is 0 Å². The van der Waals surface area contributed by atoms with Crippen LogP contribution < -0.4 is 5.32 Å². The molecule has 5 heteroatoms. The molecular formula is C11H13NO3S. The van der Waals surface area contributed by atoms with Crippen LogP contribution >= 0.6 is 12.6 Å². The smallest absolute Gasteiger partial charge is 0.330 e. The number of thiol groups is 1. The molecule has 0 aliphatic carbocycles. The minimum Gasteiger partial charge on any atom is -0.479 e. The number of nitrogens with one attached hydrogen (secondary N) is 1. The van der Waals surface area contributed by atoms with E-state index in [1.807, 2.05) is 0 Å². The monoisotopic (exact) mass is 239 g/mol. The first kappa shape index (κ1) is 12.6. The molecule has 16 heavy (non-hydrogen) atoms. The lowest BCUT2D eigenvalue weighted by molar-refractivity contribution is -0.142. The third-order valence-corrected chi connectivity index (χ3v) is 2.25. The van der Waals surface area contributed by atoms with E-state index in [0.29, 0.717) is 11.3 Å². The molecule has 1 aromatic rings. The zero-order valence-corrected chi connectivity index (χ0v) is 9.48. The molecule has 2 N–H and O–H groups in total. The van der Waals surface area contributed by atoms with E-state index in [-0.39, 0.29) is 12.3 Å². The molecule has 0 aliphatic rings.